The Balaban J connectivity index is 1.53. The number of thiophene rings is 2. The van der Waals surface area contributed by atoms with Crippen molar-refractivity contribution in [2.75, 3.05) is 12.5 Å². The number of rotatable bonds is 7. The summed E-state index contributed by atoms with van der Waals surface area (Å²) in [6.07, 6.45) is 2.68. The molecule has 5 aromatic rings. The molecule has 4 aromatic heterocycles. The summed E-state index contributed by atoms with van der Waals surface area (Å²) in [5.74, 6) is 1.44. The summed E-state index contributed by atoms with van der Waals surface area (Å²) in [6, 6.07) is 18.3. The van der Waals surface area contributed by atoms with Crippen LogP contribution in [0, 0.1) is 0 Å². The fraction of sp³-hybridized carbons (Fsp3) is 0.125. The van der Waals surface area contributed by atoms with Crippen molar-refractivity contribution in [2.24, 2.45) is 0 Å². The van der Waals surface area contributed by atoms with Crippen molar-refractivity contribution in [2.45, 2.75) is 6.42 Å². The molecule has 31 heavy (non-hydrogen) atoms. The Kier molecular flexibility index (Phi) is 5.93. The van der Waals surface area contributed by atoms with Crippen LogP contribution in [0.5, 0.6) is 5.75 Å². The van der Waals surface area contributed by atoms with E-state index in [1.54, 1.807) is 22.7 Å². The van der Waals surface area contributed by atoms with Crippen molar-refractivity contribution in [3.8, 4) is 38.0 Å². The molecule has 0 fully saturated rings. The molecule has 1 aromatic carbocycles. The van der Waals surface area contributed by atoms with Crippen LogP contribution in [0.25, 0.3) is 43.4 Å². The topological polar surface area (TPSA) is 47.9 Å². The zero-order chi connectivity index (χ0) is 21.0. The number of fused-ring (bicyclic) bond motifs is 1. The highest BCUT2D eigenvalue weighted by atomic mass is 35.5. The smallest absolute Gasteiger partial charge is 0.178 e. The maximum Gasteiger partial charge on any atom is 0.178 e. The largest absolute Gasteiger partial charge is 0.494 e. The summed E-state index contributed by atoms with van der Waals surface area (Å²) in [4.78, 5) is 16.7. The lowest BCUT2D eigenvalue weighted by Crippen LogP contribution is -1.97. The Hall–Kier alpha value is -2.80. The predicted molar refractivity (Wildman–Crippen MR) is 130 cm³/mol. The van der Waals surface area contributed by atoms with E-state index in [0.717, 1.165) is 50.0 Å². The van der Waals surface area contributed by atoms with Crippen LogP contribution < -0.4 is 4.74 Å². The highest BCUT2D eigenvalue weighted by Crippen LogP contribution is 2.35. The molecule has 154 valence electrons. The standard InChI is InChI=1S/C24H18ClN3OS2/c25-10-3-11-29-18-8-6-16(7-9-18)17-14-19-24(26-15-17)28-23(21-5-2-13-31-21)22(27-19)20-4-1-12-30-20/h1-2,4-9,12-15H,3,10-11H2. The first-order valence-corrected chi connectivity index (χ1v) is 12.2. The summed E-state index contributed by atoms with van der Waals surface area (Å²) in [7, 11) is 0. The van der Waals surface area contributed by atoms with E-state index in [1.807, 2.05) is 48.7 Å². The van der Waals surface area contributed by atoms with Gasteiger partial charge in [0.1, 0.15) is 22.7 Å². The second-order valence-corrected chi connectivity index (χ2v) is 9.13. The van der Waals surface area contributed by atoms with Gasteiger partial charge in [0.05, 0.1) is 16.4 Å². The Morgan fingerprint density at radius 2 is 1.55 bits per heavy atom. The van der Waals surface area contributed by atoms with Crippen LogP contribution in [0.2, 0.25) is 0 Å². The van der Waals surface area contributed by atoms with Gasteiger partial charge in [0.15, 0.2) is 5.65 Å². The van der Waals surface area contributed by atoms with E-state index in [9.17, 15) is 0 Å². The van der Waals surface area contributed by atoms with Crippen LogP contribution in [0.15, 0.2) is 71.6 Å². The average molecular weight is 464 g/mol. The third-order valence-corrected chi connectivity index (χ3v) is 6.79. The number of hydrogen-bond donors (Lipinski definition) is 0. The summed E-state index contributed by atoms with van der Waals surface area (Å²) in [5.41, 5.74) is 5.25. The molecule has 4 nitrogen and oxygen atoms in total. The number of aromatic nitrogens is 3. The van der Waals surface area contributed by atoms with Gasteiger partial charge >= 0.3 is 0 Å². The minimum Gasteiger partial charge on any atom is -0.494 e. The van der Waals surface area contributed by atoms with E-state index in [4.69, 9.17) is 26.3 Å². The molecular weight excluding hydrogens is 446 g/mol. The molecule has 0 saturated carbocycles. The number of nitrogens with zero attached hydrogens (tertiary/aromatic N) is 3. The van der Waals surface area contributed by atoms with Crippen molar-refractivity contribution >= 4 is 45.4 Å². The molecule has 0 unspecified atom stereocenters. The lowest BCUT2D eigenvalue weighted by Gasteiger charge is -2.09. The van der Waals surface area contributed by atoms with Crippen molar-refractivity contribution in [1.29, 1.82) is 0 Å². The monoisotopic (exact) mass is 463 g/mol. The van der Waals surface area contributed by atoms with Gasteiger partial charge in [0.2, 0.25) is 0 Å². The molecule has 0 saturated heterocycles. The number of halogens is 1. The highest BCUT2D eigenvalue weighted by Gasteiger charge is 2.16. The molecule has 0 N–H and O–H groups in total. The van der Waals surface area contributed by atoms with E-state index in [-0.39, 0.29) is 0 Å². The molecule has 5 rings (SSSR count). The van der Waals surface area contributed by atoms with E-state index in [0.29, 0.717) is 18.1 Å². The zero-order valence-corrected chi connectivity index (χ0v) is 18.9. The van der Waals surface area contributed by atoms with Crippen LogP contribution >= 0.6 is 34.3 Å². The molecule has 0 amide bonds. The average Bonchev–Trinajstić information content (AvgIpc) is 3.53. The molecule has 0 aliphatic carbocycles. The predicted octanol–water partition coefficient (Wildman–Crippen LogP) is 7.16. The fourth-order valence-corrected chi connectivity index (χ4v) is 4.80. The first kappa shape index (κ1) is 20.1. The molecule has 0 aliphatic heterocycles. The number of benzene rings is 1. The number of ether oxygens (including phenoxy) is 1. The molecule has 4 heterocycles. The molecule has 7 heteroatoms. The second-order valence-electron chi connectivity index (χ2n) is 6.86. The Morgan fingerprint density at radius 1 is 0.839 bits per heavy atom. The first-order chi connectivity index (χ1) is 15.3. The van der Waals surface area contributed by atoms with Gasteiger partial charge in [-0.05, 0) is 53.1 Å². The summed E-state index contributed by atoms with van der Waals surface area (Å²) >= 11 is 9.03. The van der Waals surface area contributed by atoms with E-state index >= 15 is 0 Å². The number of hydrogen-bond acceptors (Lipinski definition) is 6. The van der Waals surface area contributed by atoms with Crippen molar-refractivity contribution < 1.29 is 4.74 Å². The maximum absolute atomic E-state index is 5.71. The van der Waals surface area contributed by atoms with E-state index < -0.39 is 0 Å². The van der Waals surface area contributed by atoms with Crippen LogP contribution in [0.1, 0.15) is 6.42 Å². The normalized spacial score (nSPS) is 11.1. The van der Waals surface area contributed by atoms with E-state index in [1.165, 1.54) is 0 Å². The Morgan fingerprint density at radius 3 is 2.19 bits per heavy atom. The molecule has 0 aliphatic rings. The van der Waals surface area contributed by atoms with Crippen LogP contribution in [-0.4, -0.2) is 27.4 Å². The van der Waals surface area contributed by atoms with Gasteiger partial charge in [-0.15, -0.1) is 34.3 Å². The number of pyridine rings is 1. The quantitative estimate of drug-likeness (QED) is 0.190. The lowest BCUT2D eigenvalue weighted by atomic mass is 10.1. The lowest BCUT2D eigenvalue weighted by molar-refractivity contribution is 0.318. The minimum absolute atomic E-state index is 0.601. The summed E-state index contributed by atoms with van der Waals surface area (Å²) in [5, 5.41) is 4.11. The third kappa shape index (κ3) is 4.32. The van der Waals surface area contributed by atoms with Crippen molar-refractivity contribution in [1.82, 2.24) is 15.0 Å². The van der Waals surface area contributed by atoms with Crippen LogP contribution in [0.3, 0.4) is 0 Å². The summed E-state index contributed by atoms with van der Waals surface area (Å²) < 4.78 is 5.69. The van der Waals surface area contributed by atoms with Crippen LogP contribution in [0.4, 0.5) is 0 Å². The molecule has 0 radical (unpaired) electrons. The van der Waals surface area contributed by atoms with Crippen LogP contribution in [-0.2, 0) is 0 Å². The van der Waals surface area contributed by atoms with Gasteiger partial charge in [-0.1, -0.05) is 24.3 Å². The van der Waals surface area contributed by atoms with Crippen molar-refractivity contribution in [3.05, 3.63) is 71.6 Å². The van der Waals surface area contributed by atoms with Gasteiger partial charge in [0.25, 0.3) is 0 Å². The maximum atomic E-state index is 5.71. The molecule has 0 atom stereocenters. The van der Waals surface area contributed by atoms with Gasteiger partial charge in [-0.25, -0.2) is 15.0 Å². The van der Waals surface area contributed by atoms with Gasteiger partial charge in [0, 0.05) is 17.6 Å². The highest BCUT2D eigenvalue weighted by molar-refractivity contribution is 7.14. The second kappa shape index (κ2) is 9.14. The fourth-order valence-electron chi connectivity index (χ4n) is 3.26. The molecule has 0 bridgehead atoms. The molecular formula is C24H18ClN3OS2. The Bertz CT molecular complexity index is 1290. The van der Waals surface area contributed by atoms with Gasteiger partial charge in [-0.2, -0.15) is 0 Å². The minimum atomic E-state index is 0.601. The molecule has 0 spiro atoms. The number of alkyl halides is 1. The first-order valence-electron chi connectivity index (χ1n) is 9.86. The van der Waals surface area contributed by atoms with E-state index in [2.05, 4.69) is 27.9 Å². The SMILES string of the molecule is ClCCCOc1ccc(-c2cnc3nc(-c4cccs4)c(-c4cccs4)nc3c2)cc1. The third-order valence-electron chi connectivity index (χ3n) is 4.76. The van der Waals surface area contributed by atoms with Crippen molar-refractivity contribution in [3.63, 3.8) is 0 Å². The Labute approximate surface area is 193 Å². The zero-order valence-electron chi connectivity index (χ0n) is 16.5. The van der Waals surface area contributed by atoms with Gasteiger partial charge in [-0.3, -0.25) is 0 Å². The summed E-state index contributed by atoms with van der Waals surface area (Å²) in [6.45, 7) is 0.619. The van der Waals surface area contributed by atoms with Gasteiger partial charge < -0.3 is 4.74 Å².